The summed E-state index contributed by atoms with van der Waals surface area (Å²) >= 11 is 0. The van der Waals surface area contributed by atoms with Crippen LogP contribution in [-0.2, 0) is 20.8 Å². The SMILES string of the molecule is COc1cc(C)ccc1CN1CCOC2(COCC(=O)N(C)C2)C1. The van der Waals surface area contributed by atoms with Crippen molar-refractivity contribution in [3.05, 3.63) is 29.3 Å². The van der Waals surface area contributed by atoms with Crippen LogP contribution in [0.15, 0.2) is 18.2 Å². The Labute approximate surface area is 143 Å². The molecule has 2 aliphatic rings. The quantitative estimate of drug-likeness (QED) is 0.827. The van der Waals surface area contributed by atoms with E-state index in [1.54, 1.807) is 12.0 Å². The minimum atomic E-state index is -0.447. The molecule has 1 unspecified atom stereocenters. The van der Waals surface area contributed by atoms with Crippen molar-refractivity contribution in [3.8, 4) is 5.75 Å². The number of rotatable bonds is 3. The number of nitrogens with zero attached hydrogens (tertiary/aromatic N) is 2. The van der Waals surface area contributed by atoms with Gasteiger partial charge in [-0.25, -0.2) is 0 Å². The second-order valence-corrected chi connectivity index (χ2v) is 6.80. The van der Waals surface area contributed by atoms with Gasteiger partial charge in [0.25, 0.3) is 0 Å². The lowest BCUT2D eigenvalue weighted by molar-refractivity contribution is -0.143. The van der Waals surface area contributed by atoms with Gasteiger partial charge < -0.3 is 19.1 Å². The second kappa shape index (κ2) is 7.09. The van der Waals surface area contributed by atoms with E-state index in [9.17, 15) is 4.79 Å². The molecule has 1 aromatic rings. The first-order valence-electron chi connectivity index (χ1n) is 8.33. The average molecular weight is 334 g/mol. The van der Waals surface area contributed by atoms with Gasteiger partial charge in [0, 0.05) is 32.2 Å². The minimum absolute atomic E-state index is 0.00722. The minimum Gasteiger partial charge on any atom is -0.496 e. The highest BCUT2D eigenvalue weighted by Crippen LogP contribution is 2.26. The summed E-state index contributed by atoms with van der Waals surface area (Å²) in [6.07, 6.45) is 0. The Hall–Kier alpha value is -1.63. The molecule has 132 valence electrons. The maximum Gasteiger partial charge on any atom is 0.248 e. The Morgan fingerprint density at radius 3 is 2.96 bits per heavy atom. The molecule has 2 aliphatic heterocycles. The number of methoxy groups -OCH3 is 1. The molecule has 2 fully saturated rings. The van der Waals surface area contributed by atoms with E-state index in [4.69, 9.17) is 14.2 Å². The fourth-order valence-corrected chi connectivity index (χ4v) is 3.47. The molecular weight excluding hydrogens is 308 g/mol. The van der Waals surface area contributed by atoms with Gasteiger partial charge in [0.2, 0.25) is 5.91 Å². The van der Waals surface area contributed by atoms with Gasteiger partial charge in [0.1, 0.15) is 18.0 Å². The maximum atomic E-state index is 11.8. The standard InChI is InChI=1S/C18H26N2O4/c1-14-4-5-15(16(8-14)22-3)9-20-6-7-24-18(12-20)11-19(2)17(21)10-23-13-18/h4-5,8H,6-7,9-13H2,1-3H3. The van der Waals surface area contributed by atoms with Crippen LogP contribution in [0.5, 0.6) is 5.75 Å². The number of hydrogen-bond donors (Lipinski definition) is 0. The number of carbonyl (C=O) groups excluding carboxylic acids is 1. The van der Waals surface area contributed by atoms with Crippen LogP contribution in [0.1, 0.15) is 11.1 Å². The molecule has 0 N–H and O–H groups in total. The van der Waals surface area contributed by atoms with Crippen LogP contribution in [0.2, 0.25) is 0 Å². The summed E-state index contributed by atoms with van der Waals surface area (Å²) in [6.45, 7) is 6.24. The molecular formula is C18H26N2O4. The first-order valence-corrected chi connectivity index (χ1v) is 8.33. The number of carbonyl (C=O) groups is 1. The fraction of sp³-hybridized carbons (Fsp3) is 0.611. The molecule has 1 aromatic carbocycles. The van der Waals surface area contributed by atoms with Crippen molar-refractivity contribution in [2.45, 2.75) is 19.1 Å². The van der Waals surface area contributed by atoms with Gasteiger partial charge in [-0.2, -0.15) is 0 Å². The van der Waals surface area contributed by atoms with Crippen LogP contribution < -0.4 is 4.74 Å². The third kappa shape index (κ3) is 3.71. The van der Waals surface area contributed by atoms with Crippen LogP contribution >= 0.6 is 0 Å². The summed E-state index contributed by atoms with van der Waals surface area (Å²) in [5, 5.41) is 0. The molecule has 2 heterocycles. The lowest BCUT2D eigenvalue weighted by Gasteiger charge is -2.43. The van der Waals surface area contributed by atoms with Gasteiger partial charge in [0.05, 0.1) is 26.9 Å². The predicted octanol–water partition coefficient (Wildman–Crippen LogP) is 1.06. The zero-order valence-electron chi connectivity index (χ0n) is 14.7. The Kier molecular flexibility index (Phi) is 5.08. The van der Waals surface area contributed by atoms with Gasteiger partial charge in [-0.05, 0) is 18.6 Å². The number of morpholine rings is 1. The third-order valence-corrected chi connectivity index (χ3v) is 4.71. The largest absolute Gasteiger partial charge is 0.496 e. The number of likely N-dealkylation sites (N-methyl/N-ethyl adjacent to an activating group) is 1. The van der Waals surface area contributed by atoms with Crippen LogP contribution in [0.25, 0.3) is 0 Å². The number of amides is 1. The molecule has 6 heteroatoms. The van der Waals surface area contributed by atoms with Crippen molar-refractivity contribution in [3.63, 3.8) is 0 Å². The molecule has 0 aliphatic carbocycles. The van der Waals surface area contributed by atoms with Crippen LogP contribution in [0.4, 0.5) is 0 Å². The van der Waals surface area contributed by atoms with Crippen molar-refractivity contribution in [1.29, 1.82) is 0 Å². The van der Waals surface area contributed by atoms with Crippen LogP contribution in [-0.4, -0.2) is 74.9 Å². The highest BCUT2D eigenvalue weighted by atomic mass is 16.5. The Balaban J connectivity index is 1.73. The highest BCUT2D eigenvalue weighted by Gasteiger charge is 2.41. The summed E-state index contributed by atoms with van der Waals surface area (Å²) in [7, 11) is 3.52. The number of benzene rings is 1. The van der Waals surface area contributed by atoms with Gasteiger partial charge in [-0.3, -0.25) is 9.69 Å². The first kappa shape index (κ1) is 17.2. The van der Waals surface area contributed by atoms with E-state index in [1.807, 2.05) is 7.05 Å². The van der Waals surface area contributed by atoms with Crippen molar-refractivity contribution in [2.75, 3.05) is 53.6 Å². The molecule has 1 amide bonds. The molecule has 1 spiro atoms. The van der Waals surface area contributed by atoms with E-state index in [1.165, 1.54) is 11.1 Å². The lowest BCUT2D eigenvalue weighted by atomic mass is 10.0. The van der Waals surface area contributed by atoms with Gasteiger partial charge in [-0.1, -0.05) is 12.1 Å². The Morgan fingerprint density at radius 2 is 2.17 bits per heavy atom. The van der Waals surface area contributed by atoms with Gasteiger partial charge >= 0.3 is 0 Å². The monoisotopic (exact) mass is 334 g/mol. The molecule has 0 aromatic heterocycles. The molecule has 2 saturated heterocycles. The van der Waals surface area contributed by atoms with E-state index in [0.717, 1.165) is 25.4 Å². The van der Waals surface area contributed by atoms with Crippen LogP contribution in [0.3, 0.4) is 0 Å². The predicted molar refractivity (Wildman–Crippen MR) is 90.1 cm³/mol. The Bertz CT molecular complexity index is 607. The molecule has 0 radical (unpaired) electrons. The zero-order chi connectivity index (χ0) is 17.2. The number of aryl methyl sites for hydroxylation is 1. The second-order valence-electron chi connectivity index (χ2n) is 6.80. The zero-order valence-corrected chi connectivity index (χ0v) is 14.7. The molecule has 1 atom stereocenters. The fourth-order valence-electron chi connectivity index (χ4n) is 3.47. The normalized spacial score (nSPS) is 25.8. The maximum absolute atomic E-state index is 11.8. The molecule has 0 bridgehead atoms. The van der Waals surface area contributed by atoms with Crippen molar-refractivity contribution >= 4 is 5.91 Å². The highest BCUT2D eigenvalue weighted by molar-refractivity contribution is 5.77. The van der Waals surface area contributed by atoms with E-state index in [0.29, 0.717) is 19.8 Å². The smallest absolute Gasteiger partial charge is 0.248 e. The van der Waals surface area contributed by atoms with Crippen molar-refractivity contribution in [2.24, 2.45) is 0 Å². The van der Waals surface area contributed by atoms with E-state index in [-0.39, 0.29) is 12.5 Å². The number of ether oxygens (including phenoxy) is 3. The molecule has 3 rings (SSSR count). The average Bonchev–Trinajstić information content (AvgIpc) is 2.68. The molecule has 0 saturated carbocycles. The third-order valence-electron chi connectivity index (χ3n) is 4.71. The lowest BCUT2D eigenvalue weighted by Crippen LogP contribution is -2.58. The van der Waals surface area contributed by atoms with Gasteiger partial charge in [-0.15, -0.1) is 0 Å². The summed E-state index contributed by atoms with van der Waals surface area (Å²) in [5.74, 6) is 0.924. The Morgan fingerprint density at radius 1 is 1.33 bits per heavy atom. The summed E-state index contributed by atoms with van der Waals surface area (Å²) < 4.78 is 17.1. The summed E-state index contributed by atoms with van der Waals surface area (Å²) in [4.78, 5) is 15.9. The van der Waals surface area contributed by atoms with Crippen LogP contribution in [0, 0.1) is 6.92 Å². The molecule has 6 nitrogen and oxygen atoms in total. The van der Waals surface area contributed by atoms with E-state index < -0.39 is 5.60 Å². The number of hydrogen-bond acceptors (Lipinski definition) is 5. The molecule has 24 heavy (non-hydrogen) atoms. The summed E-state index contributed by atoms with van der Waals surface area (Å²) in [5.41, 5.74) is 1.90. The van der Waals surface area contributed by atoms with Crippen molar-refractivity contribution < 1.29 is 19.0 Å². The van der Waals surface area contributed by atoms with E-state index >= 15 is 0 Å². The van der Waals surface area contributed by atoms with Crippen molar-refractivity contribution in [1.82, 2.24) is 9.80 Å². The topological polar surface area (TPSA) is 51.2 Å². The summed E-state index contributed by atoms with van der Waals surface area (Å²) in [6, 6.07) is 6.29. The first-order chi connectivity index (χ1) is 11.5. The van der Waals surface area contributed by atoms with E-state index in [2.05, 4.69) is 30.0 Å². The van der Waals surface area contributed by atoms with Gasteiger partial charge in [0.15, 0.2) is 0 Å².